The molecule has 3 heterocycles. The van der Waals surface area contributed by atoms with Crippen LogP contribution in [0.5, 0.6) is 0 Å². The molecule has 0 saturated carbocycles. The molecular formula is C73H78O24. The maximum absolute atomic E-state index is 13.6. The molecule has 3 aliphatic heterocycles. The van der Waals surface area contributed by atoms with Crippen molar-refractivity contribution in [2.45, 2.75) is 159 Å². The van der Waals surface area contributed by atoms with E-state index in [-0.39, 0.29) is 0 Å². The third-order valence-electron chi connectivity index (χ3n) is 16.1. The highest BCUT2D eigenvalue weighted by atomic mass is 16.8. The van der Waals surface area contributed by atoms with Crippen molar-refractivity contribution >= 4 is 47.8 Å². The number of hydrogen-bond donors (Lipinski definition) is 0. The van der Waals surface area contributed by atoms with Gasteiger partial charge in [0.1, 0.15) is 35.6 Å². The van der Waals surface area contributed by atoms with E-state index in [0.717, 1.165) is 55.4 Å². The van der Waals surface area contributed by atoms with Crippen LogP contribution >= 0.6 is 0 Å². The molecule has 15 atom stereocenters. The fourth-order valence-electron chi connectivity index (χ4n) is 12.5. The van der Waals surface area contributed by atoms with Crippen molar-refractivity contribution in [3.8, 4) is 0 Å². The van der Waals surface area contributed by atoms with Gasteiger partial charge in [0, 0.05) is 62.5 Å². The predicted molar refractivity (Wildman–Crippen MR) is 339 cm³/mol. The van der Waals surface area contributed by atoms with Crippen LogP contribution in [-0.4, -0.2) is 167 Å². The lowest BCUT2D eigenvalue weighted by molar-refractivity contribution is -0.366. The first kappa shape index (κ1) is 72.0. The molecule has 514 valence electrons. The summed E-state index contributed by atoms with van der Waals surface area (Å²) in [6.45, 7) is 6.99. The summed E-state index contributed by atoms with van der Waals surface area (Å²) in [5.41, 5.74) is 1.19. The highest BCUT2D eigenvalue weighted by Crippen LogP contribution is 2.45. The number of esters is 8. The SMILES string of the molecule is CO[C@H]1O[C@H](CO[C@H]2O[C@H](COC(c3ccccc3)(c3ccccc3)c3ccccc3)[C@@H](OC(C)=O)[C@H](OC(C)=O)[C@@H]2OC(C)=O)[C@@H](OC(C)=O)[C@H](O[C@H]2O[C@H](COC(c3ccccc3)(c3ccccc3)c3ccccc3)[C@@H](OC(C)=O)[C@H](OC(C)=O)[C@@H]2OC(C)=O)[C@@H]1OC(C)=O. The maximum Gasteiger partial charge on any atom is 0.303 e. The van der Waals surface area contributed by atoms with E-state index in [9.17, 15) is 38.4 Å². The van der Waals surface area contributed by atoms with E-state index in [0.29, 0.717) is 33.4 Å². The summed E-state index contributed by atoms with van der Waals surface area (Å²) >= 11 is 0. The second kappa shape index (κ2) is 33.1. The molecule has 0 aromatic heterocycles. The molecule has 0 N–H and O–H groups in total. The van der Waals surface area contributed by atoms with E-state index in [2.05, 4.69) is 0 Å². The smallest absolute Gasteiger partial charge is 0.303 e. The van der Waals surface area contributed by atoms with E-state index >= 15 is 0 Å². The van der Waals surface area contributed by atoms with Gasteiger partial charge in [-0.25, -0.2) is 0 Å². The van der Waals surface area contributed by atoms with Gasteiger partial charge in [-0.15, -0.1) is 0 Å². The molecule has 0 radical (unpaired) electrons. The van der Waals surface area contributed by atoms with Crippen molar-refractivity contribution in [1.82, 2.24) is 0 Å². The Morgan fingerprint density at radius 1 is 0.289 bits per heavy atom. The summed E-state index contributed by atoms with van der Waals surface area (Å²) < 4.78 is 101. The van der Waals surface area contributed by atoms with Gasteiger partial charge in [0.25, 0.3) is 0 Å². The minimum atomic E-state index is -1.96. The van der Waals surface area contributed by atoms with Gasteiger partial charge in [-0.2, -0.15) is 0 Å². The Morgan fingerprint density at radius 3 is 0.804 bits per heavy atom. The van der Waals surface area contributed by atoms with Crippen LogP contribution < -0.4 is 0 Å². The van der Waals surface area contributed by atoms with Crippen molar-refractivity contribution in [3.63, 3.8) is 0 Å². The number of benzene rings is 6. The average molecular weight is 1340 g/mol. The monoisotopic (exact) mass is 1340 g/mol. The van der Waals surface area contributed by atoms with Crippen molar-refractivity contribution < 1.29 is 114 Å². The number of carbonyl (C=O) groups excluding carboxylic acids is 8. The zero-order chi connectivity index (χ0) is 69.4. The van der Waals surface area contributed by atoms with E-state index in [1.165, 1.54) is 7.11 Å². The van der Waals surface area contributed by atoms with Crippen LogP contribution in [0.1, 0.15) is 88.8 Å². The number of ether oxygens (including phenoxy) is 16. The summed E-state index contributed by atoms with van der Waals surface area (Å²) in [7, 11) is 1.21. The van der Waals surface area contributed by atoms with E-state index in [4.69, 9.17) is 75.8 Å². The molecule has 0 spiro atoms. The zero-order valence-corrected chi connectivity index (χ0v) is 54.9. The van der Waals surface area contributed by atoms with Crippen molar-refractivity contribution in [1.29, 1.82) is 0 Å². The molecule has 3 fully saturated rings. The lowest BCUT2D eigenvalue weighted by Gasteiger charge is -2.49. The first-order valence-corrected chi connectivity index (χ1v) is 31.4. The van der Waals surface area contributed by atoms with Gasteiger partial charge in [0.05, 0.1) is 19.8 Å². The molecule has 0 amide bonds. The Bertz CT molecular complexity index is 3410. The average Bonchev–Trinajstić information content (AvgIpc) is 0.766. The zero-order valence-electron chi connectivity index (χ0n) is 54.9. The van der Waals surface area contributed by atoms with Crippen LogP contribution in [0.4, 0.5) is 0 Å². The van der Waals surface area contributed by atoms with E-state index < -0.39 is 171 Å². The fourth-order valence-corrected chi connectivity index (χ4v) is 12.5. The highest BCUT2D eigenvalue weighted by Gasteiger charge is 2.59. The minimum absolute atomic E-state index is 0.446. The lowest BCUT2D eigenvalue weighted by atomic mass is 9.80. The Kier molecular flexibility index (Phi) is 24.6. The topological polar surface area (TPSA) is 284 Å². The van der Waals surface area contributed by atoms with Gasteiger partial charge in [-0.05, 0) is 33.4 Å². The van der Waals surface area contributed by atoms with Crippen molar-refractivity contribution in [3.05, 3.63) is 215 Å². The number of carbonyl (C=O) groups is 8. The molecule has 9 rings (SSSR count). The first-order valence-electron chi connectivity index (χ1n) is 31.4. The first-order chi connectivity index (χ1) is 46.6. The van der Waals surface area contributed by atoms with Crippen LogP contribution in [0.15, 0.2) is 182 Å². The maximum atomic E-state index is 13.6. The molecule has 24 nitrogen and oxygen atoms in total. The Morgan fingerprint density at radius 2 is 0.515 bits per heavy atom. The number of rotatable bonds is 26. The minimum Gasteiger partial charge on any atom is -0.457 e. The van der Waals surface area contributed by atoms with Gasteiger partial charge < -0.3 is 75.8 Å². The molecule has 6 aromatic rings. The molecule has 3 aliphatic rings. The summed E-state index contributed by atoms with van der Waals surface area (Å²) in [5, 5.41) is 0. The Labute approximate surface area is 560 Å². The van der Waals surface area contributed by atoms with Crippen LogP contribution in [0.25, 0.3) is 0 Å². The van der Waals surface area contributed by atoms with E-state index in [1.807, 2.05) is 182 Å². The molecule has 3 saturated heterocycles. The lowest BCUT2D eigenvalue weighted by Crippen LogP contribution is -2.67. The third-order valence-corrected chi connectivity index (χ3v) is 16.1. The summed E-state index contributed by atoms with van der Waals surface area (Å²) in [6, 6.07) is 55.7. The van der Waals surface area contributed by atoms with Crippen LogP contribution in [0, 0.1) is 0 Å². The Balaban J connectivity index is 1.12. The van der Waals surface area contributed by atoms with Crippen LogP contribution in [0.3, 0.4) is 0 Å². The highest BCUT2D eigenvalue weighted by molar-refractivity contribution is 5.70. The quantitative estimate of drug-likeness (QED) is 0.0286. The molecular weight excluding hydrogens is 1260 g/mol. The van der Waals surface area contributed by atoms with Crippen molar-refractivity contribution in [2.24, 2.45) is 0 Å². The summed E-state index contributed by atoms with van der Waals surface area (Å²) in [4.78, 5) is 107. The molecule has 0 aliphatic carbocycles. The largest absolute Gasteiger partial charge is 0.457 e. The third kappa shape index (κ3) is 17.3. The Hall–Kier alpha value is -9.24. The molecule has 0 unspecified atom stereocenters. The molecule has 97 heavy (non-hydrogen) atoms. The van der Waals surface area contributed by atoms with Gasteiger partial charge in [-0.3, -0.25) is 38.4 Å². The predicted octanol–water partition coefficient (Wildman–Crippen LogP) is 7.68. The fraction of sp³-hybridized carbons (Fsp3) is 0.397. The normalized spacial score (nSPS) is 25.6. The molecule has 0 bridgehead atoms. The second-order valence-electron chi connectivity index (χ2n) is 23.1. The summed E-state index contributed by atoms with van der Waals surface area (Å²) in [5.74, 6) is -7.26. The van der Waals surface area contributed by atoms with Gasteiger partial charge in [-0.1, -0.05) is 182 Å². The summed E-state index contributed by atoms with van der Waals surface area (Å²) in [6.07, 6.45) is -25.4. The van der Waals surface area contributed by atoms with E-state index in [1.54, 1.807) is 0 Å². The van der Waals surface area contributed by atoms with Gasteiger partial charge in [0.15, 0.2) is 67.7 Å². The van der Waals surface area contributed by atoms with Gasteiger partial charge >= 0.3 is 47.8 Å². The standard InChI is InChI=1S/C73H78O24/c1-43(74)86-60-57(40-83-70-67(92-49(7)80)63(89-46(4)77)61(87-44(2)75)58(95-70)41-84-72(51-28-16-10-17-29-51,52-30-18-11-19-31-52)53-32-20-12-21-33-53)94-69(82-9)66(91-48(6)79)65(60)97-71-68(93-50(8)81)64(90-47(5)78)62(88-45(3)76)59(96-71)42-85-73(54-34-22-13-23-35-54,55-36-24-14-25-37-55)56-38-26-15-27-39-56/h10-39,57-71H,40-42H2,1-9H3/t57-,58-,59-,60-,61-,62-,63+,64+,65+,66+,67+,68+,69+,70+,71-/m1/s1. The molecule has 6 aromatic carbocycles. The molecule has 24 heteroatoms. The van der Waals surface area contributed by atoms with Crippen LogP contribution in [0.2, 0.25) is 0 Å². The number of hydrogen-bond acceptors (Lipinski definition) is 24. The van der Waals surface area contributed by atoms with Gasteiger partial charge in [0.2, 0.25) is 0 Å². The van der Waals surface area contributed by atoms with Crippen molar-refractivity contribution in [2.75, 3.05) is 26.9 Å². The van der Waals surface area contributed by atoms with Crippen LogP contribution in [-0.2, 0) is 125 Å². The second-order valence-corrected chi connectivity index (χ2v) is 23.1. The number of methoxy groups -OCH3 is 1.